The fraction of sp³-hybridized carbons (Fsp3) is 0.154. The van der Waals surface area contributed by atoms with E-state index in [4.69, 9.17) is 5.11 Å². The Morgan fingerprint density at radius 3 is 2.42 bits per heavy atom. The van der Waals surface area contributed by atoms with Gasteiger partial charge in [0.05, 0.1) is 6.42 Å². The molecule has 6 heteroatoms. The monoisotopic (exact) mass is 263 g/mol. The van der Waals surface area contributed by atoms with Crippen molar-refractivity contribution in [2.24, 2.45) is 0 Å². The minimum Gasteiger partial charge on any atom is -0.481 e. The highest BCUT2D eigenvalue weighted by molar-refractivity contribution is 6.37. The van der Waals surface area contributed by atoms with E-state index in [-0.39, 0.29) is 13.0 Å². The van der Waals surface area contributed by atoms with Gasteiger partial charge in [-0.1, -0.05) is 24.8 Å². The zero-order valence-corrected chi connectivity index (χ0v) is 10.1. The molecule has 0 aliphatic carbocycles. The summed E-state index contributed by atoms with van der Waals surface area (Å²) in [5, 5.41) is 10.9. The van der Waals surface area contributed by atoms with Crippen LogP contribution in [0, 0.1) is 0 Å². The van der Waals surface area contributed by atoms with E-state index in [0.717, 1.165) is 0 Å². The molecule has 0 radical (unpaired) electrons. The average molecular weight is 263 g/mol. The first kappa shape index (κ1) is 14.4. The van der Waals surface area contributed by atoms with Crippen molar-refractivity contribution in [1.82, 2.24) is 0 Å². The summed E-state index contributed by atoms with van der Waals surface area (Å²) in [6, 6.07) is 6.13. The molecular weight excluding hydrogens is 250 g/mol. The van der Waals surface area contributed by atoms with Gasteiger partial charge in [0.2, 0.25) is 0 Å². The summed E-state index contributed by atoms with van der Waals surface area (Å²) in [7, 11) is 0. The zero-order valence-electron chi connectivity index (χ0n) is 10.1. The molecule has 0 saturated heterocycles. The summed E-state index contributed by atoms with van der Waals surface area (Å²) < 4.78 is 4.55. The second kappa shape index (κ2) is 6.95. The van der Waals surface area contributed by atoms with Gasteiger partial charge in [0.15, 0.2) is 0 Å². The Bertz CT molecular complexity index is 492. The average Bonchev–Trinajstić information content (AvgIpc) is 2.37. The molecule has 0 heterocycles. The molecule has 0 aliphatic rings. The predicted molar refractivity (Wildman–Crippen MR) is 67.6 cm³/mol. The zero-order chi connectivity index (χ0) is 14.3. The van der Waals surface area contributed by atoms with Crippen molar-refractivity contribution < 1.29 is 24.2 Å². The molecule has 1 rings (SSSR count). The lowest BCUT2D eigenvalue weighted by Gasteiger charge is -2.05. The molecule has 0 aromatic heterocycles. The number of carbonyl (C=O) groups excluding carboxylic acids is 2. The second-order valence-corrected chi connectivity index (χ2v) is 3.61. The summed E-state index contributed by atoms with van der Waals surface area (Å²) in [6.07, 6.45) is 1.25. The van der Waals surface area contributed by atoms with Crippen LogP contribution in [0.4, 0.5) is 5.69 Å². The quantitative estimate of drug-likeness (QED) is 0.469. The maximum Gasteiger partial charge on any atom is 0.397 e. The Morgan fingerprint density at radius 2 is 1.89 bits per heavy atom. The number of amides is 1. The van der Waals surface area contributed by atoms with Crippen LogP contribution in [0.3, 0.4) is 0 Å². The van der Waals surface area contributed by atoms with Gasteiger partial charge in [-0.05, 0) is 17.7 Å². The minimum absolute atomic E-state index is 0.0379. The Balaban J connectivity index is 2.57. The third-order valence-corrected chi connectivity index (χ3v) is 2.08. The smallest absolute Gasteiger partial charge is 0.397 e. The largest absolute Gasteiger partial charge is 0.481 e. The molecule has 0 unspecified atom stereocenters. The third kappa shape index (κ3) is 5.03. The van der Waals surface area contributed by atoms with E-state index in [2.05, 4.69) is 16.6 Å². The van der Waals surface area contributed by atoms with Crippen LogP contribution in [0.5, 0.6) is 0 Å². The van der Waals surface area contributed by atoms with Crippen LogP contribution in [-0.2, 0) is 25.5 Å². The van der Waals surface area contributed by atoms with Crippen LogP contribution in [0.25, 0.3) is 0 Å². The first-order valence-electron chi connectivity index (χ1n) is 5.42. The van der Waals surface area contributed by atoms with E-state index < -0.39 is 17.8 Å². The minimum atomic E-state index is -1.01. The SMILES string of the molecule is C=CCOC(=O)C(=O)Nc1ccc(CC(=O)O)cc1. The predicted octanol–water partition coefficient (Wildman–Crippen LogP) is 0.981. The molecule has 0 aliphatic heterocycles. The molecule has 0 spiro atoms. The molecule has 0 bridgehead atoms. The molecule has 1 aromatic rings. The standard InChI is InChI=1S/C13H13NO5/c1-2-7-19-13(18)12(17)14-10-5-3-9(4-6-10)8-11(15)16/h2-6H,1,7-8H2,(H,14,17)(H,15,16). The molecule has 6 nitrogen and oxygen atoms in total. The lowest BCUT2D eigenvalue weighted by Crippen LogP contribution is -2.25. The highest BCUT2D eigenvalue weighted by atomic mass is 16.5. The maximum atomic E-state index is 11.4. The molecule has 0 fully saturated rings. The van der Waals surface area contributed by atoms with Crippen molar-refractivity contribution in [2.45, 2.75) is 6.42 Å². The van der Waals surface area contributed by atoms with Crippen molar-refractivity contribution >= 4 is 23.5 Å². The number of carboxylic acid groups (broad SMARTS) is 1. The van der Waals surface area contributed by atoms with Gasteiger partial charge < -0.3 is 15.2 Å². The van der Waals surface area contributed by atoms with Gasteiger partial charge in [0.1, 0.15) is 6.61 Å². The Morgan fingerprint density at radius 1 is 1.26 bits per heavy atom. The highest BCUT2D eigenvalue weighted by Crippen LogP contribution is 2.10. The number of hydrogen-bond donors (Lipinski definition) is 2. The third-order valence-electron chi connectivity index (χ3n) is 2.08. The van der Waals surface area contributed by atoms with E-state index in [1.54, 1.807) is 12.1 Å². The summed E-state index contributed by atoms with van der Waals surface area (Å²) in [5.41, 5.74) is 0.981. The fourth-order valence-corrected chi connectivity index (χ4v) is 1.26. The van der Waals surface area contributed by atoms with Crippen LogP contribution in [-0.4, -0.2) is 29.6 Å². The van der Waals surface area contributed by atoms with Crippen molar-refractivity contribution in [2.75, 3.05) is 11.9 Å². The van der Waals surface area contributed by atoms with Crippen LogP contribution < -0.4 is 5.32 Å². The molecular formula is C13H13NO5. The topological polar surface area (TPSA) is 92.7 Å². The Hall–Kier alpha value is -2.63. The van der Waals surface area contributed by atoms with Gasteiger partial charge in [-0.2, -0.15) is 0 Å². The van der Waals surface area contributed by atoms with E-state index in [1.807, 2.05) is 0 Å². The van der Waals surface area contributed by atoms with Crippen molar-refractivity contribution in [1.29, 1.82) is 0 Å². The van der Waals surface area contributed by atoms with Gasteiger partial charge in [-0.15, -0.1) is 0 Å². The summed E-state index contributed by atoms with van der Waals surface area (Å²) >= 11 is 0. The van der Waals surface area contributed by atoms with E-state index in [9.17, 15) is 14.4 Å². The summed E-state index contributed by atoms with van der Waals surface area (Å²) in [6.45, 7) is 3.31. The number of rotatable bonds is 5. The van der Waals surface area contributed by atoms with Crippen LogP contribution in [0.15, 0.2) is 36.9 Å². The first-order chi connectivity index (χ1) is 9.02. The summed E-state index contributed by atoms with van der Waals surface area (Å²) in [5.74, 6) is -2.84. The molecule has 0 atom stereocenters. The Kier molecular flexibility index (Phi) is 5.28. The van der Waals surface area contributed by atoms with Crippen molar-refractivity contribution in [3.63, 3.8) is 0 Å². The number of ether oxygens (including phenoxy) is 1. The lowest BCUT2D eigenvalue weighted by molar-refractivity contribution is -0.151. The normalized spacial score (nSPS) is 9.47. The van der Waals surface area contributed by atoms with E-state index in [1.165, 1.54) is 18.2 Å². The van der Waals surface area contributed by atoms with Gasteiger partial charge in [-0.25, -0.2) is 4.79 Å². The summed E-state index contributed by atoms with van der Waals surface area (Å²) in [4.78, 5) is 33.0. The molecule has 0 saturated carbocycles. The van der Waals surface area contributed by atoms with Crippen LogP contribution in [0.1, 0.15) is 5.56 Å². The van der Waals surface area contributed by atoms with Crippen LogP contribution in [0.2, 0.25) is 0 Å². The molecule has 2 N–H and O–H groups in total. The van der Waals surface area contributed by atoms with Gasteiger partial charge in [0, 0.05) is 5.69 Å². The number of hydrogen-bond acceptors (Lipinski definition) is 4. The first-order valence-corrected chi connectivity index (χ1v) is 5.42. The molecule has 1 aromatic carbocycles. The maximum absolute atomic E-state index is 11.4. The number of nitrogens with one attached hydrogen (secondary N) is 1. The van der Waals surface area contributed by atoms with Gasteiger partial charge in [-0.3, -0.25) is 9.59 Å². The van der Waals surface area contributed by atoms with Gasteiger partial charge >= 0.3 is 17.8 Å². The van der Waals surface area contributed by atoms with Crippen molar-refractivity contribution in [3.8, 4) is 0 Å². The highest BCUT2D eigenvalue weighted by Gasteiger charge is 2.14. The number of esters is 1. The number of anilines is 1. The molecule has 100 valence electrons. The molecule has 1 amide bonds. The fourth-order valence-electron chi connectivity index (χ4n) is 1.26. The number of carboxylic acids is 1. The number of carbonyl (C=O) groups is 3. The van der Waals surface area contributed by atoms with Crippen LogP contribution >= 0.6 is 0 Å². The Labute approximate surface area is 109 Å². The van der Waals surface area contributed by atoms with E-state index >= 15 is 0 Å². The lowest BCUT2D eigenvalue weighted by atomic mass is 10.1. The van der Waals surface area contributed by atoms with Crippen molar-refractivity contribution in [3.05, 3.63) is 42.5 Å². The number of aliphatic carboxylic acids is 1. The molecule has 19 heavy (non-hydrogen) atoms. The van der Waals surface area contributed by atoms with Gasteiger partial charge in [0.25, 0.3) is 0 Å². The second-order valence-electron chi connectivity index (χ2n) is 3.61. The van der Waals surface area contributed by atoms with E-state index in [0.29, 0.717) is 11.3 Å². The number of benzene rings is 1.